The van der Waals surface area contributed by atoms with Crippen LogP contribution in [0.25, 0.3) is 11.3 Å². The van der Waals surface area contributed by atoms with E-state index in [-0.39, 0.29) is 6.04 Å². The van der Waals surface area contributed by atoms with Crippen molar-refractivity contribution in [3.63, 3.8) is 0 Å². The highest BCUT2D eigenvalue weighted by Crippen LogP contribution is 2.20. The van der Waals surface area contributed by atoms with Crippen LogP contribution in [-0.4, -0.2) is 48.8 Å². The van der Waals surface area contributed by atoms with Crippen LogP contribution in [0, 0.1) is 0 Å². The van der Waals surface area contributed by atoms with Crippen molar-refractivity contribution >= 4 is 10.0 Å². The number of aromatic nitrogens is 2. The number of pyridine rings is 1. The first-order valence-corrected chi connectivity index (χ1v) is 9.44. The molecule has 2 aromatic heterocycles. The van der Waals surface area contributed by atoms with E-state index in [4.69, 9.17) is 4.52 Å². The Hall–Kier alpha value is -1.77. The third-order valence-corrected chi connectivity index (χ3v) is 4.63. The third-order valence-electron chi connectivity index (χ3n) is 3.86. The van der Waals surface area contributed by atoms with Crippen LogP contribution in [0.1, 0.15) is 18.6 Å². The monoisotopic (exact) mass is 336 g/mol. The molecule has 0 atom stereocenters. The van der Waals surface area contributed by atoms with Crippen molar-refractivity contribution in [2.24, 2.45) is 0 Å². The SMILES string of the molecule is CS(=O)(=O)NC1CCN(Cc2cc(-c3cccnc3)no2)CC1. The summed E-state index contributed by atoms with van der Waals surface area (Å²) in [6.07, 6.45) is 6.28. The summed E-state index contributed by atoms with van der Waals surface area (Å²) in [4.78, 5) is 6.32. The number of sulfonamides is 1. The van der Waals surface area contributed by atoms with Crippen LogP contribution in [0.5, 0.6) is 0 Å². The van der Waals surface area contributed by atoms with E-state index >= 15 is 0 Å². The largest absolute Gasteiger partial charge is 0.359 e. The van der Waals surface area contributed by atoms with Crippen molar-refractivity contribution in [1.82, 2.24) is 19.8 Å². The van der Waals surface area contributed by atoms with Gasteiger partial charge in [-0.15, -0.1) is 0 Å². The number of likely N-dealkylation sites (tertiary alicyclic amines) is 1. The molecule has 7 nitrogen and oxygen atoms in total. The van der Waals surface area contributed by atoms with Crippen LogP contribution >= 0.6 is 0 Å². The zero-order chi connectivity index (χ0) is 16.3. The molecule has 1 N–H and O–H groups in total. The molecule has 124 valence electrons. The van der Waals surface area contributed by atoms with Crippen LogP contribution in [0.15, 0.2) is 35.1 Å². The van der Waals surface area contributed by atoms with E-state index < -0.39 is 10.0 Å². The molecule has 8 heteroatoms. The molecule has 0 bridgehead atoms. The van der Waals surface area contributed by atoms with Crippen molar-refractivity contribution in [3.8, 4) is 11.3 Å². The Morgan fingerprint density at radius 1 is 1.39 bits per heavy atom. The maximum atomic E-state index is 11.3. The van der Waals surface area contributed by atoms with Crippen LogP contribution in [0.4, 0.5) is 0 Å². The molecule has 0 radical (unpaired) electrons. The summed E-state index contributed by atoms with van der Waals surface area (Å²) in [6.45, 7) is 2.34. The number of nitrogens with one attached hydrogen (secondary N) is 1. The fourth-order valence-electron chi connectivity index (χ4n) is 2.77. The Morgan fingerprint density at radius 2 is 2.17 bits per heavy atom. The van der Waals surface area contributed by atoms with Crippen molar-refractivity contribution in [3.05, 3.63) is 36.4 Å². The predicted octanol–water partition coefficient (Wildman–Crippen LogP) is 1.25. The normalized spacial score (nSPS) is 17.4. The molecule has 1 aliphatic rings. The molecule has 1 fully saturated rings. The second-order valence-electron chi connectivity index (χ2n) is 5.86. The van der Waals surface area contributed by atoms with Gasteiger partial charge in [0.25, 0.3) is 0 Å². The van der Waals surface area contributed by atoms with E-state index in [9.17, 15) is 8.42 Å². The molecule has 0 unspecified atom stereocenters. The third kappa shape index (κ3) is 4.60. The Labute approximate surface area is 135 Å². The van der Waals surface area contributed by atoms with E-state index in [0.717, 1.165) is 42.9 Å². The maximum absolute atomic E-state index is 11.3. The lowest BCUT2D eigenvalue weighted by Crippen LogP contribution is -2.43. The summed E-state index contributed by atoms with van der Waals surface area (Å²) in [5.74, 6) is 0.804. The summed E-state index contributed by atoms with van der Waals surface area (Å²) in [7, 11) is -3.13. The highest BCUT2D eigenvalue weighted by molar-refractivity contribution is 7.88. The average molecular weight is 336 g/mol. The number of nitrogens with zero attached hydrogens (tertiary/aromatic N) is 3. The van der Waals surface area contributed by atoms with Gasteiger partial charge >= 0.3 is 0 Å². The molecule has 0 amide bonds. The Bertz CT molecular complexity index is 737. The fraction of sp³-hybridized carbons (Fsp3) is 0.467. The topological polar surface area (TPSA) is 88.3 Å². The first-order valence-electron chi connectivity index (χ1n) is 7.55. The predicted molar refractivity (Wildman–Crippen MR) is 86.0 cm³/mol. The molecular formula is C15H20N4O3S. The minimum absolute atomic E-state index is 0.0296. The molecule has 3 heterocycles. The highest BCUT2D eigenvalue weighted by Gasteiger charge is 2.22. The molecule has 1 saturated heterocycles. The standard InChI is InChI=1S/C15H20N4O3S/c1-23(20,21)18-13-4-7-19(8-5-13)11-14-9-15(17-22-14)12-3-2-6-16-10-12/h2-3,6,9-10,13,18H,4-5,7-8,11H2,1H3. The smallest absolute Gasteiger partial charge is 0.208 e. The number of piperidine rings is 1. The molecule has 1 aliphatic heterocycles. The van der Waals surface area contributed by atoms with Crippen LogP contribution in [0.2, 0.25) is 0 Å². The number of hydrogen-bond donors (Lipinski definition) is 1. The van der Waals surface area contributed by atoms with Gasteiger partial charge in [-0.3, -0.25) is 9.88 Å². The zero-order valence-corrected chi connectivity index (χ0v) is 13.8. The van der Waals surface area contributed by atoms with Gasteiger partial charge in [0.15, 0.2) is 5.76 Å². The summed E-state index contributed by atoms with van der Waals surface area (Å²) in [5.41, 5.74) is 1.71. The van der Waals surface area contributed by atoms with E-state index in [2.05, 4.69) is 19.8 Å². The molecule has 2 aromatic rings. The van der Waals surface area contributed by atoms with E-state index in [1.165, 1.54) is 6.26 Å². The van der Waals surface area contributed by atoms with Gasteiger partial charge in [0.05, 0.1) is 12.8 Å². The van der Waals surface area contributed by atoms with Gasteiger partial charge in [0.2, 0.25) is 10.0 Å². The van der Waals surface area contributed by atoms with Crippen molar-refractivity contribution in [2.75, 3.05) is 19.3 Å². The van der Waals surface area contributed by atoms with Gasteiger partial charge in [0, 0.05) is 43.2 Å². The highest BCUT2D eigenvalue weighted by atomic mass is 32.2. The van der Waals surface area contributed by atoms with Gasteiger partial charge in [-0.1, -0.05) is 5.16 Å². The van der Waals surface area contributed by atoms with Gasteiger partial charge in [-0.2, -0.15) is 0 Å². The Balaban J connectivity index is 1.54. The second kappa shape index (κ2) is 6.77. The lowest BCUT2D eigenvalue weighted by atomic mass is 10.1. The minimum atomic E-state index is -3.13. The molecule has 0 aliphatic carbocycles. The van der Waals surface area contributed by atoms with Crippen LogP contribution in [0.3, 0.4) is 0 Å². The van der Waals surface area contributed by atoms with Crippen molar-refractivity contribution in [2.45, 2.75) is 25.4 Å². The van der Waals surface area contributed by atoms with Crippen molar-refractivity contribution < 1.29 is 12.9 Å². The van der Waals surface area contributed by atoms with Crippen LogP contribution < -0.4 is 4.72 Å². The molecule has 0 aromatic carbocycles. The lowest BCUT2D eigenvalue weighted by molar-refractivity contribution is 0.180. The fourth-order valence-corrected chi connectivity index (χ4v) is 3.61. The molecule has 0 spiro atoms. The Kier molecular flexibility index (Phi) is 4.74. The van der Waals surface area contributed by atoms with E-state index in [1.807, 2.05) is 18.2 Å². The maximum Gasteiger partial charge on any atom is 0.208 e. The summed E-state index contributed by atoms with van der Waals surface area (Å²) in [6, 6.07) is 5.76. The van der Waals surface area contributed by atoms with Crippen LogP contribution in [-0.2, 0) is 16.6 Å². The minimum Gasteiger partial charge on any atom is -0.359 e. The summed E-state index contributed by atoms with van der Waals surface area (Å²) >= 11 is 0. The van der Waals surface area contributed by atoms with Crippen molar-refractivity contribution in [1.29, 1.82) is 0 Å². The number of rotatable bonds is 5. The van der Waals surface area contributed by atoms with Gasteiger partial charge < -0.3 is 4.52 Å². The van der Waals surface area contributed by atoms with E-state index in [1.54, 1.807) is 12.4 Å². The van der Waals surface area contributed by atoms with Gasteiger partial charge in [-0.05, 0) is 25.0 Å². The van der Waals surface area contributed by atoms with Gasteiger partial charge in [0.1, 0.15) is 5.69 Å². The molecule has 3 rings (SSSR count). The second-order valence-corrected chi connectivity index (χ2v) is 7.64. The van der Waals surface area contributed by atoms with E-state index in [0.29, 0.717) is 6.54 Å². The summed E-state index contributed by atoms with van der Waals surface area (Å²) < 4.78 is 30.6. The summed E-state index contributed by atoms with van der Waals surface area (Å²) in [5, 5.41) is 4.08. The quantitative estimate of drug-likeness (QED) is 0.884. The van der Waals surface area contributed by atoms with Gasteiger partial charge in [-0.25, -0.2) is 13.1 Å². The molecule has 23 heavy (non-hydrogen) atoms. The average Bonchev–Trinajstić information content (AvgIpc) is 2.97. The first-order chi connectivity index (χ1) is 11.0. The Morgan fingerprint density at radius 3 is 2.83 bits per heavy atom. The first kappa shape index (κ1) is 16.1. The molecular weight excluding hydrogens is 316 g/mol. The number of hydrogen-bond acceptors (Lipinski definition) is 6. The zero-order valence-electron chi connectivity index (χ0n) is 13.0. The lowest BCUT2D eigenvalue weighted by Gasteiger charge is -2.31. The molecule has 0 saturated carbocycles.